The summed E-state index contributed by atoms with van der Waals surface area (Å²) in [5.74, 6) is 1.61. The van der Waals surface area contributed by atoms with Crippen LogP contribution in [0.3, 0.4) is 0 Å². The van der Waals surface area contributed by atoms with Gasteiger partial charge < -0.3 is 9.64 Å². The smallest absolute Gasteiger partial charge is 0.226 e. The lowest BCUT2D eigenvalue weighted by Crippen LogP contribution is -2.45. The number of hydrogen-bond acceptors (Lipinski definition) is 4. The molecule has 0 amide bonds. The van der Waals surface area contributed by atoms with Crippen molar-refractivity contribution in [1.29, 1.82) is 0 Å². The molecule has 1 aliphatic heterocycles. The van der Waals surface area contributed by atoms with Gasteiger partial charge in [0.2, 0.25) is 5.95 Å². The van der Waals surface area contributed by atoms with Gasteiger partial charge in [-0.15, -0.1) is 5.10 Å². The number of piperidine rings is 1. The summed E-state index contributed by atoms with van der Waals surface area (Å²) in [5, 5.41) is 7.34. The molecular formula is C12H20N4OS. The zero-order chi connectivity index (χ0) is 12.7. The topological polar surface area (TPSA) is 46.1 Å². The second-order valence-electron chi connectivity index (χ2n) is 5.42. The SMILES string of the molecule is COC1CN(c2n[nH]c(=S)n2C2CC2)CCC1C. The van der Waals surface area contributed by atoms with E-state index in [9.17, 15) is 0 Å². The number of nitrogens with zero attached hydrogens (tertiary/aromatic N) is 3. The van der Waals surface area contributed by atoms with Crippen LogP contribution < -0.4 is 4.90 Å². The van der Waals surface area contributed by atoms with E-state index in [1.165, 1.54) is 12.8 Å². The van der Waals surface area contributed by atoms with Crippen LogP contribution in [0.25, 0.3) is 0 Å². The number of rotatable bonds is 3. The van der Waals surface area contributed by atoms with Gasteiger partial charge in [0.05, 0.1) is 6.10 Å². The molecule has 0 bridgehead atoms. The van der Waals surface area contributed by atoms with E-state index in [0.29, 0.717) is 12.0 Å². The summed E-state index contributed by atoms with van der Waals surface area (Å²) in [6.45, 7) is 4.20. The number of aromatic nitrogens is 3. The Morgan fingerprint density at radius 3 is 2.83 bits per heavy atom. The molecule has 2 heterocycles. The van der Waals surface area contributed by atoms with Gasteiger partial charge in [-0.3, -0.25) is 4.57 Å². The fourth-order valence-electron chi connectivity index (χ4n) is 2.70. The maximum atomic E-state index is 5.56. The molecule has 5 nitrogen and oxygen atoms in total. The van der Waals surface area contributed by atoms with Crippen LogP contribution in [0.4, 0.5) is 5.95 Å². The molecule has 3 rings (SSSR count). The van der Waals surface area contributed by atoms with E-state index < -0.39 is 0 Å². The average Bonchev–Trinajstić information content (AvgIpc) is 3.13. The lowest BCUT2D eigenvalue weighted by molar-refractivity contribution is 0.0492. The van der Waals surface area contributed by atoms with Crippen LogP contribution in [-0.2, 0) is 4.74 Å². The Bertz CT molecular complexity index is 479. The van der Waals surface area contributed by atoms with Gasteiger partial charge in [-0.1, -0.05) is 6.92 Å². The van der Waals surface area contributed by atoms with Crippen LogP contribution in [0.15, 0.2) is 0 Å². The zero-order valence-corrected chi connectivity index (χ0v) is 11.7. The standard InChI is InChI=1S/C12H20N4OS/c1-8-5-6-15(7-10(8)17-2)11-13-14-12(18)16(11)9-3-4-9/h8-10H,3-7H2,1-2H3,(H,14,18). The van der Waals surface area contributed by atoms with Crippen LogP contribution in [0, 0.1) is 10.7 Å². The summed E-state index contributed by atoms with van der Waals surface area (Å²) in [4.78, 5) is 2.30. The first kappa shape index (κ1) is 12.2. The largest absolute Gasteiger partial charge is 0.379 e. The number of aromatic amines is 1. The molecule has 1 aliphatic carbocycles. The van der Waals surface area contributed by atoms with Crippen LogP contribution in [0.5, 0.6) is 0 Å². The third kappa shape index (κ3) is 2.07. The Balaban J connectivity index is 1.84. The Kier molecular flexibility index (Phi) is 3.15. The van der Waals surface area contributed by atoms with Gasteiger partial charge in [-0.05, 0) is 37.4 Å². The molecule has 2 fully saturated rings. The van der Waals surface area contributed by atoms with Crippen LogP contribution >= 0.6 is 12.2 Å². The van der Waals surface area contributed by atoms with E-state index in [4.69, 9.17) is 17.0 Å². The van der Waals surface area contributed by atoms with Gasteiger partial charge in [0, 0.05) is 26.2 Å². The molecule has 2 unspecified atom stereocenters. The van der Waals surface area contributed by atoms with Crippen molar-refractivity contribution in [1.82, 2.24) is 14.8 Å². The third-order valence-electron chi connectivity index (χ3n) is 4.07. The van der Waals surface area contributed by atoms with E-state index in [0.717, 1.165) is 30.2 Å². The number of anilines is 1. The molecule has 0 aromatic carbocycles. The minimum Gasteiger partial charge on any atom is -0.379 e. The van der Waals surface area contributed by atoms with Gasteiger partial charge in [0.25, 0.3) is 0 Å². The molecule has 2 aliphatic rings. The van der Waals surface area contributed by atoms with E-state index in [2.05, 4.69) is 26.6 Å². The Labute approximate surface area is 112 Å². The Morgan fingerprint density at radius 2 is 2.17 bits per heavy atom. The number of H-pyrrole nitrogens is 1. The maximum absolute atomic E-state index is 5.56. The zero-order valence-electron chi connectivity index (χ0n) is 10.9. The molecule has 1 aromatic rings. The van der Waals surface area contributed by atoms with Crippen LogP contribution in [0.1, 0.15) is 32.2 Å². The fraction of sp³-hybridized carbons (Fsp3) is 0.833. The van der Waals surface area contributed by atoms with Crippen molar-refractivity contribution in [2.24, 2.45) is 5.92 Å². The summed E-state index contributed by atoms with van der Waals surface area (Å²) in [6.07, 6.45) is 3.87. The lowest BCUT2D eigenvalue weighted by Gasteiger charge is -2.36. The van der Waals surface area contributed by atoms with Crippen molar-refractivity contribution >= 4 is 18.2 Å². The Hall–Kier alpha value is -0.880. The summed E-state index contributed by atoms with van der Waals surface area (Å²) >= 11 is 5.33. The highest BCUT2D eigenvalue weighted by atomic mass is 32.1. The van der Waals surface area contributed by atoms with Gasteiger partial charge in [-0.2, -0.15) is 0 Å². The number of hydrogen-bond donors (Lipinski definition) is 1. The first-order valence-corrected chi connectivity index (χ1v) is 7.06. The summed E-state index contributed by atoms with van der Waals surface area (Å²) < 4.78 is 8.49. The number of nitrogens with one attached hydrogen (secondary N) is 1. The van der Waals surface area contributed by atoms with E-state index in [-0.39, 0.29) is 6.10 Å². The second kappa shape index (κ2) is 4.66. The van der Waals surface area contributed by atoms with E-state index in [1.54, 1.807) is 7.11 Å². The molecule has 18 heavy (non-hydrogen) atoms. The highest BCUT2D eigenvalue weighted by Gasteiger charge is 2.32. The summed E-state index contributed by atoms with van der Waals surface area (Å²) in [7, 11) is 1.79. The predicted octanol–water partition coefficient (Wildman–Crippen LogP) is 2.14. The predicted molar refractivity (Wildman–Crippen MR) is 72.5 cm³/mol. The molecule has 0 radical (unpaired) electrons. The molecule has 1 N–H and O–H groups in total. The van der Waals surface area contributed by atoms with Crippen molar-refractivity contribution in [2.45, 2.75) is 38.3 Å². The second-order valence-corrected chi connectivity index (χ2v) is 5.80. The van der Waals surface area contributed by atoms with Gasteiger partial charge in [-0.25, -0.2) is 5.10 Å². The monoisotopic (exact) mass is 268 g/mol. The first-order chi connectivity index (χ1) is 8.70. The minimum atomic E-state index is 0.289. The fourth-order valence-corrected chi connectivity index (χ4v) is 2.98. The normalized spacial score (nSPS) is 28.7. The summed E-state index contributed by atoms with van der Waals surface area (Å²) in [5.41, 5.74) is 0. The van der Waals surface area contributed by atoms with Crippen molar-refractivity contribution in [3.63, 3.8) is 0 Å². The highest BCUT2D eigenvalue weighted by molar-refractivity contribution is 7.71. The average molecular weight is 268 g/mol. The third-order valence-corrected chi connectivity index (χ3v) is 4.36. The van der Waals surface area contributed by atoms with Crippen LogP contribution in [-0.4, -0.2) is 41.1 Å². The molecule has 2 atom stereocenters. The van der Waals surface area contributed by atoms with Crippen molar-refractivity contribution in [2.75, 3.05) is 25.1 Å². The molecule has 1 aromatic heterocycles. The lowest BCUT2D eigenvalue weighted by atomic mass is 9.96. The van der Waals surface area contributed by atoms with E-state index in [1.807, 2.05) is 0 Å². The number of ether oxygens (including phenoxy) is 1. The molecule has 0 spiro atoms. The van der Waals surface area contributed by atoms with E-state index >= 15 is 0 Å². The van der Waals surface area contributed by atoms with Gasteiger partial charge in [0.1, 0.15) is 0 Å². The quantitative estimate of drug-likeness (QED) is 0.853. The van der Waals surface area contributed by atoms with Crippen molar-refractivity contribution < 1.29 is 4.74 Å². The van der Waals surface area contributed by atoms with Gasteiger partial charge in [0.15, 0.2) is 4.77 Å². The minimum absolute atomic E-state index is 0.289. The molecular weight excluding hydrogens is 248 g/mol. The Morgan fingerprint density at radius 1 is 1.39 bits per heavy atom. The summed E-state index contributed by atoms with van der Waals surface area (Å²) in [6, 6.07) is 0.562. The molecule has 100 valence electrons. The molecule has 1 saturated heterocycles. The van der Waals surface area contributed by atoms with Crippen molar-refractivity contribution in [3.05, 3.63) is 4.77 Å². The van der Waals surface area contributed by atoms with Crippen molar-refractivity contribution in [3.8, 4) is 0 Å². The van der Waals surface area contributed by atoms with Crippen LogP contribution in [0.2, 0.25) is 0 Å². The molecule has 1 saturated carbocycles. The maximum Gasteiger partial charge on any atom is 0.226 e. The number of methoxy groups -OCH3 is 1. The molecule has 6 heteroatoms. The highest BCUT2D eigenvalue weighted by Crippen LogP contribution is 2.38. The van der Waals surface area contributed by atoms with Gasteiger partial charge >= 0.3 is 0 Å². The first-order valence-electron chi connectivity index (χ1n) is 6.65.